The molecule has 3 heteroatoms. The van der Waals surface area contributed by atoms with E-state index in [1.165, 1.54) is 16.1 Å². The van der Waals surface area contributed by atoms with Gasteiger partial charge in [-0.2, -0.15) is 0 Å². The van der Waals surface area contributed by atoms with Crippen LogP contribution in [-0.4, -0.2) is 25.5 Å². The normalized spacial score (nSPS) is 10.8. The molecular weight excluding hydrogens is 240 g/mol. The molecule has 2 aromatic rings. The topological polar surface area (TPSA) is 15.3 Å². The van der Waals surface area contributed by atoms with Crippen LogP contribution in [0.2, 0.25) is 0 Å². The third-order valence-corrected chi connectivity index (χ3v) is 3.92. The Bertz CT molecular complexity index is 465. The minimum Gasteiger partial charge on any atom is -0.388 e. The van der Waals surface area contributed by atoms with Gasteiger partial charge < -0.3 is 10.2 Å². The summed E-state index contributed by atoms with van der Waals surface area (Å²) < 4.78 is 0. The number of thiophene rings is 1. The second kappa shape index (κ2) is 6.57. The van der Waals surface area contributed by atoms with Gasteiger partial charge in [0.1, 0.15) is 0 Å². The SMILES string of the molecule is CNc1cccc(CN(C)CCc2cccs2)c1. The van der Waals surface area contributed by atoms with E-state index in [9.17, 15) is 0 Å². The molecule has 0 spiro atoms. The van der Waals surface area contributed by atoms with Gasteiger partial charge in [-0.05, 0) is 42.6 Å². The summed E-state index contributed by atoms with van der Waals surface area (Å²) in [6, 6.07) is 12.9. The van der Waals surface area contributed by atoms with E-state index >= 15 is 0 Å². The second-order valence-electron chi connectivity index (χ2n) is 4.52. The van der Waals surface area contributed by atoms with Gasteiger partial charge in [0.2, 0.25) is 0 Å². The highest BCUT2D eigenvalue weighted by atomic mass is 32.1. The summed E-state index contributed by atoms with van der Waals surface area (Å²) in [5, 5.41) is 5.32. The molecule has 0 aliphatic carbocycles. The molecule has 18 heavy (non-hydrogen) atoms. The summed E-state index contributed by atoms with van der Waals surface area (Å²) in [5.74, 6) is 0. The predicted molar refractivity (Wildman–Crippen MR) is 80.3 cm³/mol. The van der Waals surface area contributed by atoms with E-state index in [-0.39, 0.29) is 0 Å². The highest BCUT2D eigenvalue weighted by Gasteiger charge is 2.02. The van der Waals surface area contributed by atoms with Crippen LogP contribution in [0.5, 0.6) is 0 Å². The van der Waals surface area contributed by atoms with Crippen molar-refractivity contribution in [1.29, 1.82) is 0 Å². The first-order chi connectivity index (χ1) is 8.78. The molecule has 0 fully saturated rings. The van der Waals surface area contributed by atoms with E-state index in [2.05, 4.69) is 59.0 Å². The molecule has 0 bridgehead atoms. The Kier molecular flexibility index (Phi) is 4.79. The number of hydrogen-bond donors (Lipinski definition) is 1. The Morgan fingerprint density at radius 2 is 2.11 bits per heavy atom. The Labute approximate surface area is 113 Å². The minimum absolute atomic E-state index is 1.00. The number of rotatable bonds is 6. The zero-order chi connectivity index (χ0) is 12.8. The summed E-state index contributed by atoms with van der Waals surface area (Å²) in [6.45, 7) is 2.10. The van der Waals surface area contributed by atoms with Crippen molar-refractivity contribution < 1.29 is 0 Å². The van der Waals surface area contributed by atoms with Crippen molar-refractivity contribution >= 4 is 17.0 Å². The molecule has 0 aliphatic heterocycles. The lowest BCUT2D eigenvalue weighted by molar-refractivity contribution is 0.332. The molecule has 0 saturated heterocycles. The van der Waals surface area contributed by atoms with E-state index in [0.29, 0.717) is 0 Å². The lowest BCUT2D eigenvalue weighted by Gasteiger charge is -2.16. The first kappa shape index (κ1) is 13.1. The van der Waals surface area contributed by atoms with E-state index in [1.807, 2.05) is 18.4 Å². The minimum atomic E-state index is 1.00. The van der Waals surface area contributed by atoms with Crippen LogP contribution in [0.25, 0.3) is 0 Å². The van der Waals surface area contributed by atoms with Crippen molar-refractivity contribution in [2.45, 2.75) is 13.0 Å². The van der Waals surface area contributed by atoms with Gasteiger partial charge in [-0.25, -0.2) is 0 Å². The molecule has 2 rings (SSSR count). The third kappa shape index (κ3) is 3.86. The first-order valence-corrected chi connectivity index (χ1v) is 7.13. The molecule has 2 nitrogen and oxygen atoms in total. The smallest absolute Gasteiger partial charge is 0.0340 e. The monoisotopic (exact) mass is 260 g/mol. The Morgan fingerprint density at radius 1 is 1.22 bits per heavy atom. The van der Waals surface area contributed by atoms with Gasteiger partial charge >= 0.3 is 0 Å². The van der Waals surface area contributed by atoms with Crippen molar-refractivity contribution in [3.8, 4) is 0 Å². The molecule has 1 heterocycles. The molecule has 1 aromatic heterocycles. The van der Waals surface area contributed by atoms with Crippen LogP contribution in [0.15, 0.2) is 41.8 Å². The van der Waals surface area contributed by atoms with Gasteiger partial charge in [-0.3, -0.25) is 0 Å². The van der Waals surface area contributed by atoms with E-state index < -0.39 is 0 Å². The highest BCUT2D eigenvalue weighted by Crippen LogP contribution is 2.13. The van der Waals surface area contributed by atoms with Gasteiger partial charge in [-0.1, -0.05) is 18.2 Å². The molecule has 96 valence electrons. The summed E-state index contributed by atoms with van der Waals surface area (Å²) in [7, 11) is 4.14. The summed E-state index contributed by atoms with van der Waals surface area (Å²) in [5.41, 5.74) is 2.54. The molecule has 1 aromatic carbocycles. The lowest BCUT2D eigenvalue weighted by Crippen LogP contribution is -2.20. The average Bonchev–Trinajstić information content (AvgIpc) is 2.90. The standard InChI is InChI=1S/C15H20N2S/c1-16-14-6-3-5-13(11-14)12-17(2)9-8-15-7-4-10-18-15/h3-7,10-11,16H,8-9,12H2,1-2H3. The van der Waals surface area contributed by atoms with Crippen molar-refractivity contribution in [3.63, 3.8) is 0 Å². The Balaban J connectivity index is 1.84. The molecular formula is C15H20N2S. The largest absolute Gasteiger partial charge is 0.388 e. The van der Waals surface area contributed by atoms with Gasteiger partial charge in [0.05, 0.1) is 0 Å². The number of benzene rings is 1. The van der Waals surface area contributed by atoms with Crippen LogP contribution >= 0.6 is 11.3 Å². The Hall–Kier alpha value is -1.32. The zero-order valence-corrected chi connectivity index (χ0v) is 11.8. The van der Waals surface area contributed by atoms with Crippen LogP contribution < -0.4 is 5.32 Å². The van der Waals surface area contributed by atoms with Crippen molar-refractivity contribution in [2.24, 2.45) is 0 Å². The van der Waals surface area contributed by atoms with Gasteiger partial charge in [0.15, 0.2) is 0 Å². The maximum absolute atomic E-state index is 3.18. The van der Waals surface area contributed by atoms with Crippen LogP contribution in [0.3, 0.4) is 0 Å². The van der Waals surface area contributed by atoms with Gasteiger partial charge in [-0.15, -0.1) is 11.3 Å². The molecule has 0 amide bonds. The van der Waals surface area contributed by atoms with Crippen LogP contribution in [-0.2, 0) is 13.0 Å². The van der Waals surface area contributed by atoms with Gasteiger partial charge in [0, 0.05) is 30.7 Å². The van der Waals surface area contributed by atoms with E-state index in [1.54, 1.807) is 0 Å². The number of nitrogens with one attached hydrogen (secondary N) is 1. The first-order valence-electron chi connectivity index (χ1n) is 6.25. The fraction of sp³-hybridized carbons (Fsp3) is 0.333. The molecule has 1 N–H and O–H groups in total. The quantitative estimate of drug-likeness (QED) is 0.855. The highest BCUT2D eigenvalue weighted by molar-refractivity contribution is 7.09. The summed E-state index contributed by atoms with van der Waals surface area (Å²) in [4.78, 5) is 3.83. The number of likely N-dealkylation sites (N-methyl/N-ethyl adjacent to an activating group) is 1. The van der Waals surface area contributed by atoms with Crippen LogP contribution in [0.4, 0.5) is 5.69 Å². The maximum atomic E-state index is 3.18. The molecule has 0 radical (unpaired) electrons. The fourth-order valence-electron chi connectivity index (χ4n) is 1.97. The van der Waals surface area contributed by atoms with Crippen LogP contribution in [0, 0.1) is 0 Å². The Morgan fingerprint density at radius 3 is 2.83 bits per heavy atom. The predicted octanol–water partition coefficient (Wildman–Crippen LogP) is 3.46. The molecule has 0 saturated carbocycles. The number of anilines is 1. The van der Waals surface area contributed by atoms with E-state index in [0.717, 1.165) is 19.5 Å². The van der Waals surface area contributed by atoms with E-state index in [4.69, 9.17) is 0 Å². The average molecular weight is 260 g/mol. The molecule has 0 aliphatic rings. The van der Waals surface area contributed by atoms with Crippen LogP contribution in [0.1, 0.15) is 10.4 Å². The zero-order valence-electron chi connectivity index (χ0n) is 11.0. The lowest BCUT2D eigenvalue weighted by atomic mass is 10.2. The second-order valence-corrected chi connectivity index (χ2v) is 5.55. The number of nitrogens with zero attached hydrogens (tertiary/aromatic N) is 1. The van der Waals surface area contributed by atoms with Crippen molar-refractivity contribution in [2.75, 3.05) is 26.0 Å². The summed E-state index contributed by atoms with van der Waals surface area (Å²) in [6.07, 6.45) is 1.14. The molecule has 0 unspecified atom stereocenters. The van der Waals surface area contributed by atoms with Crippen molar-refractivity contribution in [3.05, 3.63) is 52.2 Å². The number of hydrogen-bond acceptors (Lipinski definition) is 3. The van der Waals surface area contributed by atoms with Gasteiger partial charge in [0.25, 0.3) is 0 Å². The van der Waals surface area contributed by atoms with Crippen molar-refractivity contribution in [1.82, 2.24) is 4.90 Å². The third-order valence-electron chi connectivity index (χ3n) is 2.99. The fourth-order valence-corrected chi connectivity index (χ4v) is 2.67. The summed E-state index contributed by atoms with van der Waals surface area (Å²) >= 11 is 1.84. The maximum Gasteiger partial charge on any atom is 0.0340 e. The molecule has 0 atom stereocenters.